The first-order chi connectivity index (χ1) is 10.6. The molecule has 5 heteroatoms. The fourth-order valence-electron chi connectivity index (χ4n) is 2.26. The fourth-order valence-corrected chi connectivity index (χ4v) is 2.26. The van der Waals surface area contributed by atoms with Gasteiger partial charge in [0.2, 0.25) is 0 Å². The lowest BCUT2D eigenvalue weighted by Gasteiger charge is -2.19. The molecule has 0 fully saturated rings. The first-order valence-corrected chi connectivity index (χ1v) is 7.27. The van der Waals surface area contributed by atoms with Gasteiger partial charge in [-0.25, -0.2) is 0 Å². The van der Waals surface area contributed by atoms with E-state index in [1.165, 1.54) is 6.92 Å². The van der Waals surface area contributed by atoms with E-state index in [2.05, 4.69) is 5.32 Å². The monoisotopic (exact) mass is 298 g/mol. The highest BCUT2D eigenvalue weighted by molar-refractivity contribution is 5.96. The van der Waals surface area contributed by atoms with Crippen LogP contribution in [0.3, 0.4) is 0 Å². The minimum absolute atomic E-state index is 0.174. The minimum atomic E-state index is -0.898. The largest absolute Gasteiger partial charge is 0.452 e. The highest BCUT2D eigenvalue weighted by Gasteiger charge is 2.25. The summed E-state index contributed by atoms with van der Waals surface area (Å²) in [6.07, 6.45) is 5.37. The number of rotatable bonds is 4. The Labute approximate surface area is 129 Å². The Morgan fingerprint density at radius 3 is 2.82 bits per heavy atom. The van der Waals surface area contributed by atoms with Gasteiger partial charge < -0.3 is 10.1 Å². The molecule has 0 spiro atoms. The summed E-state index contributed by atoms with van der Waals surface area (Å²) in [7, 11) is 0. The van der Waals surface area contributed by atoms with E-state index in [1.807, 2.05) is 18.2 Å². The van der Waals surface area contributed by atoms with E-state index in [-0.39, 0.29) is 11.9 Å². The molecule has 22 heavy (non-hydrogen) atoms. The first kappa shape index (κ1) is 15.8. The normalized spacial score (nSPS) is 18.1. The van der Waals surface area contributed by atoms with Crippen molar-refractivity contribution in [2.24, 2.45) is 5.92 Å². The summed E-state index contributed by atoms with van der Waals surface area (Å²) >= 11 is 0. The van der Waals surface area contributed by atoms with Crippen molar-refractivity contribution in [2.45, 2.75) is 32.3 Å². The van der Waals surface area contributed by atoms with Crippen LogP contribution in [-0.2, 0) is 14.3 Å². The van der Waals surface area contributed by atoms with Crippen molar-refractivity contribution in [1.29, 1.82) is 5.26 Å². The summed E-state index contributed by atoms with van der Waals surface area (Å²) in [5.41, 5.74) is 0.783. The van der Waals surface area contributed by atoms with E-state index in [9.17, 15) is 9.59 Å². The molecule has 2 atom stereocenters. The van der Waals surface area contributed by atoms with Crippen LogP contribution in [0.2, 0.25) is 0 Å². The van der Waals surface area contributed by atoms with Gasteiger partial charge in [0, 0.05) is 0 Å². The molecule has 0 bridgehead atoms. The van der Waals surface area contributed by atoms with Crippen molar-refractivity contribution < 1.29 is 14.3 Å². The van der Waals surface area contributed by atoms with Gasteiger partial charge in [0.25, 0.3) is 5.91 Å². The number of esters is 1. The number of nitrogens with zero attached hydrogens (tertiary/aromatic N) is 1. The molecule has 1 amide bonds. The number of amides is 1. The van der Waals surface area contributed by atoms with Gasteiger partial charge in [-0.15, -0.1) is 0 Å². The van der Waals surface area contributed by atoms with Gasteiger partial charge in [0.05, 0.1) is 17.2 Å². The van der Waals surface area contributed by atoms with Crippen molar-refractivity contribution in [3.8, 4) is 6.07 Å². The number of carbonyl (C=O) groups is 2. The zero-order chi connectivity index (χ0) is 15.9. The molecule has 0 aromatic heterocycles. The van der Waals surface area contributed by atoms with Crippen LogP contribution in [0.25, 0.3) is 0 Å². The highest BCUT2D eigenvalue weighted by atomic mass is 16.5. The molecule has 1 aliphatic rings. The average molecular weight is 298 g/mol. The molecule has 0 saturated heterocycles. The Morgan fingerprint density at radius 2 is 2.14 bits per heavy atom. The minimum Gasteiger partial charge on any atom is -0.452 e. The molecular formula is C17H18N2O3. The lowest BCUT2D eigenvalue weighted by molar-refractivity contribution is -0.157. The smallest absolute Gasteiger partial charge is 0.310 e. The van der Waals surface area contributed by atoms with Crippen LogP contribution in [0, 0.1) is 17.2 Å². The predicted molar refractivity (Wildman–Crippen MR) is 81.8 cm³/mol. The maximum absolute atomic E-state index is 12.1. The maximum atomic E-state index is 12.1. The highest BCUT2D eigenvalue weighted by Crippen LogP contribution is 2.20. The Hall–Kier alpha value is -2.61. The lowest BCUT2D eigenvalue weighted by Crippen LogP contribution is -2.32. The van der Waals surface area contributed by atoms with E-state index in [4.69, 9.17) is 10.00 Å². The van der Waals surface area contributed by atoms with Crippen molar-refractivity contribution in [1.82, 2.24) is 0 Å². The van der Waals surface area contributed by atoms with Crippen LogP contribution >= 0.6 is 0 Å². The zero-order valence-corrected chi connectivity index (χ0v) is 12.4. The van der Waals surface area contributed by atoms with E-state index >= 15 is 0 Å². The number of para-hydroxylation sites is 1. The Kier molecular flexibility index (Phi) is 5.31. The molecule has 1 aromatic carbocycles. The van der Waals surface area contributed by atoms with Gasteiger partial charge in [0.15, 0.2) is 6.10 Å². The molecule has 114 valence electrons. The third-order valence-electron chi connectivity index (χ3n) is 3.57. The number of carbonyl (C=O) groups excluding carboxylic acids is 2. The molecule has 0 heterocycles. The van der Waals surface area contributed by atoms with E-state index in [1.54, 1.807) is 24.3 Å². The molecule has 0 aliphatic heterocycles. The number of hydrogen-bond donors (Lipinski definition) is 1. The first-order valence-electron chi connectivity index (χ1n) is 7.27. The van der Waals surface area contributed by atoms with Crippen LogP contribution in [-0.4, -0.2) is 18.0 Å². The second-order valence-corrected chi connectivity index (χ2v) is 5.21. The summed E-state index contributed by atoms with van der Waals surface area (Å²) in [6.45, 7) is 1.53. The van der Waals surface area contributed by atoms with E-state index < -0.39 is 12.0 Å². The lowest BCUT2D eigenvalue weighted by atomic mass is 9.95. The molecule has 0 unspecified atom stereocenters. The maximum Gasteiger partial charge on any atom is 0.310 e. The Balaban J connectivity index is 1.93. The summed E-state index contributed by atoms with van der Waals surface area (Å²) in [5, 5.41) is 11.6. The Morgan fingerprint density at radius 1 is 1.36 bits per heavy atom. The van der Waals surface area contributed by atoms with Crippen LogP contribution in [0.4, 0.5) is 5.69 Å². The van der Waals surface area contributed by atoms with Crippen LogP contribution in [0.5, 0.6) is 0 Å². The predicted octanol–water partition coefficient (Wildman–Crippen LogP) is 2.78. The molecule has 1 aliphatic carbocycles. The van der Waals surface area contributed by atoms with Gasteiger partial charge in [-0.3, -0.25) is 9.59 Å². The SMILES string of the molecule is C[C@H](OC(=O)[C@@H]1CC=CCC1)C(=O)Nc1ccccc1C#N. The number of nitriles is 1. The van der Waals surface area contributed by atoms with Gasteiger partial charge in [0.1, 0.15) is 6.07 Å². The van der Waals surface area contributed by atoms with Crippen molar-refractivity contribution in [3.05, 3.63) is 42.0 Å². The zero-order valence-electron chi connectivity index (χ0n) is 12.4. The second-order valence-electron chi connectivity index (χ2n) is 5.21. The topological polar surface area (TPSA) is 79.2 Å². The summed E-state index contributed by atoms with van der Waals surface area (Å²) in [4.78, 5) is 24.1. The molecular weight excluding hydrogens is 280 g/mol. The molecule has 0 saturated carbocycles. The summed E-state index contributed by atoms with van der Waals surface area (Å²) in [6, 6.07) is 8.69. The average Bonchev–Trinajstić information content (AvgIpc) is 2.56. The fraction of sp³-hybridized carbons (Fsp3) is 0.353. The molecule has 0 radical (unpaired) electrons. The van der Waals surface area contributed by atoms with Crippen LogP contribution in [0.1, 0.15) is 31.7 Å². The number of hydrogen-bond acceptors (Lipinski definition) is 4. The van der Waals surface area contributed by atoms with Crippen LogP contribution in [0.15, 0.2) is 36.4 Å². The van der Waals surface area contributed by atoms with E-state index in [0.717, 1.165) is 12.8 Å². The number of benzene rings is 1. The van der Waals surface area contributed by atoms with Crippen molar-refractivity contribution in [3.63, 3.8) is 0 Å². The van der Waals surface area contributed by atoms with Gasteiger partial charge in [-0.2, -0.15) is 5.26 Å². The van der Waals surface area contributed by atoms with Crippen molar-refractivity contribution in [2.75, 3.05) is 5.32 Å². The van der Waals surface area contributed by atoms with E-state index in [0.29, 0.717) is 17.7 Å². The second kappa shape index (κ2) is 7.41. The third-order valence-corrected chi connectivity index (χ3v) is 3.57. The molecule has 2 rings (SSSR count). The number of nitrogens with one attached hydrogen (secondary N) is 1. The number of allylic oxidation sites excluding steroid dienone is 2. The molecule has 1 N–H and O–H groups in total. The number of ether oxygens (including phenoxy) is 1. The van der Waals surface area contributed by atoms with Crippen LogP contribution < -0.4 is 5.32 Å². The third kappa shape index (κ3) is 3.95. The summed E-state index contributed by atoms with van der Waals surface area (Å²) in [5.74, 6) is -0.963. The van der Waals surface area contributed by atoms with Gasteiger partial charge in [-0.05, 0) is 38.3 Å². The number of anilines is 1. The van der Waals surface area contributed by atoms with Crippen molar-refractivity contribution >= 4 is 17.6 Å². The van der Waals surface area contributed by atoms with Gasteiger partial charge in [-0.1, -0.05) is 24.3 Å². The molecule has 1 aromatic rings. The molecule has 5 nitrogen and oxygen atoms in total. The van der Waals surface area contributed by atoms with Gasteiger partial charge >= 0.3 is 5.97 Å². The summed E-state index contributed by atoms with van der Waals surface area (Å²) < 4.78 is 5.23. The Bertz CT molecular complexity index is 631. The quantitative estimate of drug-likeness (QED) is 0.684. The standard InChI is InChI=1S/C17H18N2O3/c1-12(22-17(21)13-7-3-2-4-8-13)16(20)19-15-10-6-5-9-14(15)11-18/h2-3,5-6,9-10,12-13H,4,7-8H2,1H3,(H,19,20)/t12-,13+/m0/s1.